The van der Waals surface area contributed by atoms with Crippen LogP contribution in [0, 0.1) is 5.92 Å². The molecule has 1 amide bonds. The average Bonchev–Trinajstić information content (AvgIpc) is 2.46. The summed E-state index contributed by atoms with van der Waals surface area (Å²) < 4.78 is 0. The minimum absolute atomic E-state index is 0.0311. The molecular formula is C16H17ClN2O. The first-order valence-electron chi connectivity index (χ1n) is 6.55. The van der Waals surface area contributed by atoms with Crippen LogP contribution in [0.2, 0.25) is 5.02 Å². The quantitative estimate of drug-likeness (QED) is 0.854. The van der Waals surface area contributed by atoms with Crippen molar-refractivity contribution in [1.82, 2.24) is 4.98 Å². The fourth-order valence-corrected chi connectivity index (χ4v) is 2.09. The molecule has 0 saturated heterocycles. The maximum Gasteiger partial charge on any atom is 0.231 e. The Morgan fingerprint density at radius 3 is 2.50 bits per heavy atom. The number of nitrogens with zero attached hydrogens (tertiary/aromatic N) is 2. The van der Waals surface area contributed by atoms with E-state index in [1.807, 2.05) is 56.3 Å². The van der Waals surface area contributed by atoms with E-state index in [0.29, 0.717) is 17.4 Å². The molecule has 0 spiro atoms. The van der Waals surface area contributed by atoms with Crippen molar-refractivity contribution < 1.29 is 4.79 Å². The van der Waals surface area contributed by atoms with Crippen LogP contribution in [0.1, 0.15) is 19.4 Å². The first kappa shape index (κ1) is 14.5. The number of rotatable bonds is 4. The summed E-state index contributed by atoms with van der Waals surface area (Å²) in [5.74, 6) is 0.578. The molecule has 0 bridgehead atoms. The van der Waals surface area contributed by atoms with Gasteiger partial charge in [0.05, 0.1) is 6.54 Å². The van der Waals surface area contributed by atoms with Gasteiger partial charge in [0.1, 0.15) is 5.82 Å². The van der Waals surface area contributed by atoms with Crippen LogP contribution in [-0.4, -0.2) is 10.9 Å². The highest BCUT2D eigenvalue weighted by Crippen LogP contribution is 2.21. The van der Waals surface area contributed by atoms with Crippen molar-refractivity contribution in [3.8, 4) is 0 Å². The summed E-state index contributed by atoms with van der Waals surface area (Å²) in [7, 11) is 0. The Hall–Kier alpha value is -1.87. The number of carbonyl (C=O) groups excluding carboxylic acids is 1. The Labute approximate surface area is 124 Å². The number of carbonyl (C=O) groups is 1. The smallest absolute Gasteiger partial charge is 0.231 e. The van der Waals surface area contributed by atoms with Gasteiger partial charge in [0.2, 0.25) is 5.91 Å². The third kappa shape index (κ3) is 3.36. The van der Waals surface area contributed by atoms with Gasteiger partial charge in [-0.25, -0.2) is 4.98 Å². The lowest BCUT2D eigenvalue weighted by Crippen LogP contribution is -2.34. The van der Waals surface area contributed by atoms with E-state index in [-0.39, 0.29) is 11.8 Å². The number of aromatic nitrogens is 1. The van der Waals surface area contributed by atoms with Crippen molar-refractivity contribution >= 4 is 23.3 Å². The van der Waals surface area contributed by atoms with Crippen molar-refractivity contribution in [2.24, 2.45) is 5.92 Å². The van der Waals surface area contributed by atoms with Gasteiger partial charge in [0, 0.05) is 17.1 Å². The number of halogens is 1. The minimum Gasteiger partial charge on any atom is -0.292 e. The van der Waals surface area contributed by atoms with Gasteiger partial charge in [-0.2, -0.15) is 0 Å². The van der Waals surface area contributed by atoms with Gasteiger partial charge in [-0.1, -0.05) is 49.7 Å². The van der Waals surface area contributed by atoms with Crippen LogP contribution < -0.4 is 4.90 Å². The number of amides is 1. The third-order valence-corrected chi connectivity index (χ3v) is 3.34. The molecule has 0 saturated carbocycles. The van der Waals surface area contributed by atoms with Crippen LogP contribution in [0.15, 0.2) is 48.7 Å². The van der Waals surface area contributed by atoms with Crippen LogP contribution in [-0.2, 0) is 11.3 Å². The first-order valence-corrected chi connectivity index (χ1v) is 6.93. The Morgan fingerprint density at radius 1 is 1.20 bits per heavy atom. The molecule has 0 aliphatic rings. The summed E-state index contributed by atoms with van der Waals surface area (Å²) in [5.41, 5.74) is 0.911. The van der Waals surface area contributed by atoms with Crippen molar-refractivity contribution in [2.75, 3.05) is 4.90 Å². The summed E-state index contributed by atoms with van der Waals surface area (Å²) >= 11 is 6.18. The predicted molar refractivity (Wildman–Crippen MR) is 81.7 cm³/mol. The van der Waals surface area contributed by atoms with E-state index in [4.69, 9.17) is 11.6 Å². The van der Waals surface area contributed by atoms with Gasteiger partial charge in [-0.3, -0.25) is 9.69 Å². The molecule has 0 radical (unpaired) electrons. The molecule has 1 aromatic carbocycles. The molecule has 0 aliphatic heterocycles. The third-order valence-electron chi connectivity index (χ3n) is 2.97. The van der Waals surface area contributed by atoms with E-state index in [1.165, 1.54) is 0 Å². The highest BCUT2D eigenvalue weighted by molar-refractivity contribution is 6.31. The van der Waals surface area contributed by atoms with Crippen molar-refractivity contribution in [3.05, 3.63) is 59.2 Å². The molecule has 0 N–H and O–H groups in total. The van der Waals surface area contributed by atoms with E-state index in [0.717, 1.165) is 5.56 Å². The number of anilines is 1. The standard InChI is InChI=1S/C16H17ClN2O/c1-12(2)16(20)19(15-9-5-6-10-18-15)11-13-7-3-4-8-14(13)17/h3-10,12H,11H2,1-2H3. The lowest BCUT2D eigenvalue weighted by molar-refractivity contribution is -0.121. The molecule has 2 rings (SSSR count). The molecule has 0 fully saturated rings. The molecule has 104 valence electrons. The van der Waals surface area contributed by atoms with Crippen LogP contribution in [0.5, 0.6) is 0 Å². The molecule has 2 aromatic rings. The maximum absolute atomic E-state index is 12.4. The number of hydrogen-bond donors (Lipinski definition) is 0. The van der Waals surface area contributed by atoms with E-state index >= 15 is 0 Å². The monoisotopic (exact) mass is 288 g/mol. The molecular weight excluding hydrogens is 272 g/mol. The fourth-order valence-electron chi connectivity index (χ4n) is 1.89. The SMILES string of the molecule is CC(C)C(=O)N(Cc1ccccc1Cl)c1ccccn1. The van der Waals surface area contributed by atoms with Crippen LogP contribution >= 0.6 is 11.6 Å². The first-order chi connectivity index (χ1) is 9.59. The largest absolute Gasteiger partial charge is 0.292 e. The second kappa shape index (κ2) is 6.53. The highest BCUT2D eigenvalue weighted by Gasteiger charge is 2.20. The van der Waals surface area contributed by atoms with E-state index < -0.39 is 0 Å². The average molecular weight is 289 g/mol. The molecule has 1 aromatic heterocycles. The Kier molecular flexibility index (Phi) is 4.74. The number of pyridine rings is 1. The molecule has 20 heavy (non-hydrogen) atoms. The zero-order valence-electron chi connectivity index (χ0n) is 11.6. The maximum atomic E-state index is 12.4. The van der Waals surface area contributed by atoms with Crippen molar-refractivity contribution in [2.45, 2.75) is 20.4 Å². The lowest BCUT2D eigenvalue weighted by atomic mass is 10.1. The zero-order chi connectivity index (χ0) is 14.5. The van der Waals surface area contributed by atoms with Gasteiger partial charge >= 0.3 is 0 Å². The van der Waals surface area contributed by atoms with Gasteiger partial charge < -0.3 is 0 Å². The Balaban J connectivity index is 2.33. The zero-order valence-corrected chi connectivity index (χ0v) is 12.3. The molecule has 3 nitrogen and oxygen atoms in total. The van der Waals surface area contributed by atoms with Gasteiger partial charge in [-0.15, -0.1) is 0 Å². The summed E-state index contributed by atoms with van der Waals surface area (Å²) in [6, 6.07) is 13.1. The van der Waals surface area contributed by atoms with E-state index in [1.54, 1.807) is 11.1 Å². The second-order valence-corrected chi connectivity index (χ2v) is 5.27. The van der Waals surface area contributed by atoms with E-state index in [9.17, 15) is 4.79 Å². The number of hydrogen-bond acceptors (Lipinski definition) is 2. The summed E-state index contributed by atoms with van der Waals surface area (Å²) in [5, 5.41) is 0.657. The molecule has 0 atom stereocenters. The van der Waals surface area contributed by atoms with Crippen molar-refractivity contribution in [3.63, 3.8) is 0 Å². The summed E-state index contributed by atoms with van der Waals surface area (Å²) in [6.45, 7) is 4.18. The van der Waals surface area contributed by atoms with Crippen LogP contribution in [0.3, 0.4) is 0 Å². The van der Waals surface area contributed by atoms with Crippen LogP contribution in [0.4, 0.5) is 5.82 Å². The normalized spacial score (nSPS) is 10.6. The molecule has 1 heterocycles. The Bertz CT molecular complexity index is 584. The number of benzene rings is 1. The lowest BCUT2D eigenvalue weighted by Gasteiger charge is -2.24. The Morgan fingerprint density at radius 2 is 1.90 bits per heavy atom. The predicted octanol–water partition coefficient (Wildman–Crippen LogP) is 3.92. The topological polar surface area (TPSA) is 33.2 Å². The summed E-state index contributed by atoms with van der Waals surface area (Å²) in [6.07, 6.45) is 1.68. The molecule has 0 aliphatic carbocycles. The second-order valence-electron chi connectivity index (χ2n) is 4.86. The molecule has 0 unspecified atom stereocenters. The summed E-state index contributed by atoms with van der Waals surface area (Å²) in [4.78, 5) is 18.3. The van der Waals surface area contributed by atoms with Crippen molar-refractivity contribution in [1.29, 1.82) is 0 Å². The minimum atomic E-state index is -0.0977. The van der Waals surface area contributed by atoms with Gasteiger partial charge in [-0.05, 0) is 23.8 Å². The highest BCUT2D eigenvalue weighted by atomic mass is 35.5. The molecule has 4 heteroatoms. The fraction of sp³-hybridized carbons (Fsp3) is 0.250. The van der Waals surface area contributed by atoms with Gasteiger partial charge in [0.15, 0.2) is 0 Å². The van der Waals surface area contributed by atoms with Gasteiger partial charge in [0.25, 0.3) is 0 Å². The van der Waals surface area contributed by atoms with E-state index in [2.05, 4.69) is 4.98 Å². The van der Waals surface area contributed by atoms with Crippen LogP contribution in [0.25, 0.3) is 0 Å².